The fraction of sp³-hybridized carbons (Fsp3) is 0.667. The van der Waals surface area contributed by atoms with E-state index in [2.05, 4.69) is 0 Å². The summed E-state index contributed by atoms with van der Waals surface area (Å²) < 4.78 is 182. The zero-order chi connectivity index (χ0) is 24.5. The Morgan fingerprint density at radius 2 is 0.500 bits per heavy atom. The molecule has 0 saturated carbocycles. The zero-order valence-corrected chi connectivity index (χ0v) is 12.7. The highest BCUT2D eigenvalue weighted by atomic mass is 19.4. The molecule has 0 spiro atoms. The molecule has 1 rings (SSSR count). The van der Waals surface area contributed by atoms with Gasteiger partial charge in [-0.1, -0.05) is 0 Å². The summed E-state index contributed by atoms with van der Waals surface area (Å²) in [6.07, 6.45) is -21.8. The third kappa shape index (κ3) is 3.42. The Balaban J connectivity index is 4.50. The second-order valence-corrected chi connectivity index (χ2v) is 4.97. The van der Waals surface area contributed by atoms with E-state index in [1.54, 1.807) is 0 Å². The first-order chi connectivity index (χ1) is 12.8. The van der Waals surface area contributed by atoms with Crippen molar-refractivity contribution in [3.8, 4) is 0 Å². The van der Waals surface area contributed by atoms with Gasteiger partial charge in [0.15, 0.2) is 0 Å². The van der Waals surface area contributed by atoms with Gasteiger partial charge in [0, 0.05) is 0 Å². The van der Waals surface area contributed by atoms with Crippen molar-refractivity contribution < 1.29 is 65.9 Å². The van der Waals surface area contributed by atoms with E-state index in [4.69, 9.17) is 0 Å². The summed E-state index contributed by atoms with van der Waals surface area (Å²) in [5, 5.41) is 0. The molecule has 0 bridgehead atoms. The Hall–Kier alpha value is -2.64. The second-order valence-electron chi connectivity index (χ2n) is 4.97. The van der Waals surface area contributed by atoms with Crippen LogP contribution in [0.5, 0.6) is 0 Å². The van der Waals surface area contributed by atoms with Gasteiger partial charge in [0.2, 0.25) is 0 Å². The molecule has 0 aliphatic rings. The minimum Gasteiger partial charge on any atom is -0.247 e. The van der Waals surface area contributed by atoms with Crippen molar-refractivity contribution in [1.29, 1.82) is 0 Å². The molecular weight excluding hydrogens is 483 g/mol. The first-order valence-corrected chi connectivity index (χ1v) is 6.21. The highest BCUT2D eigenvalue weighted by Gasteiger charge is 2.68. The first kappa shape index (κ1) is 25.4. The molecule has 1 heterocycles. The van der Waals surface area contributed by atoms with Gasteiger partial charge in [0.25, 0.3) is 0 Å². The molecule has 1 aromatic heterocycles. The molecule has 0 aliphatic heterocycles. The van der Waals surface area contributed by atoms with E-state index >= 15 is 0 Å². The van der Waals surface area contributed by atoms with Gasteiger partial charge >= 0.3 is 53.7 Å². The largest absolute Gasteiger partial charge is 0.476 e. The van der Waals surface area contributed by atoms with Crippen molar-refractivity contribution in [1.82, 2.24) is 13.7 Å². The molecule has 6 nitrogen and oxygen atoms in total. The Labute approximate surface area is 149 Å². The Bertz CT molecular complexity index is 844. The van der Waals surface area contributed by atoms with Crippen LogP contribution in [0.1, 0.15) is 0 Å². The van der Waals surface area contributed by atoms with Crippen LogP contribution in [0.4, 0.5) is 65.9 Å². The van der Waals surface area contributed by atoms with Gasteiger partial charge in [-0.05, 0) is 0 Å². The molecule has 0 N–H and O–H groups in total. The van der Waals surface area contributed by atoms with Gasteiger partial charge in [-0.3, -0.25) is 0 Å². The molecule has 30 heavy (non-hydrogen) atoms. The normalized spacial score (nSPS) is 14.9. The number of rotatable bonds is 3. The number of alkyl halides is 15. The number of nitrogens with zero attached hydrogens (tertiary/aromatic N) is 3. The van der Waals surface area contributed by atoms with E-state index in [1.165, 1.54) is 0 Å². The lowest BCUT2D eigenvalue weighted by Crippen LogP contribution is -2.68. The average molecular weight is 483 g/mol. The van der Waals surface area contributed by atoms with Crippen LogP contribution in [0.2, 0.25) is 0 Å². The fourth-order valence-corrected chi connectivity index (χ4v) is 1.65. The SMILES string of the molecule is O=c1n(C(F)(F)C(F)(F)F)c(=O)n(C(F)(F)C(F)(F)F)c(=O)n1C(F)(F)C(F)(F)F. The van der Waals surface area contributed by atoms with Gasteiger partial charge in [-0.2, -0.15) is 79.6 Å². The summed E-state index contributed by atoms with van der Waals surface area (Å²) in [5.74, 6) is 0. The van der Waals surface area contributed by atoms with Crippen molar-refractivity contribution in [3.63, 3.8) is 0 Å². The molecular formula is C9F15N3O3. The molecule has 0 radical (unpaired) electrons. The Morgan fingerprint density at radius 3 is 0.600 bits per heavy atom. The van der Waals surface area contributed by atoms with Gasteiger partial charge in [-0.15, -0.1) is 0 Å². The summed E-state index contributed by atoms with van der Waals surface area (Å²) in [6.45, 7) is 0. The zero-order valence-electron chi connectivity index (χ0n) is 12.7. The predicted molar refractivity (Wildman–Crippen MR) is 58.0 cm³/mol. The molecule has 0 fully saturated rings. The van der Waals surface area contributed by atoms with Crippen LogP contribution in [0.15, 0.2) is 14.4 Å². The van der Waals surface area contributed by atoms with Crippen LogP contribution >= 0.6 is 0 Å². The van der Waals surface area contributed by atoms with E-state index in [9.17, 15) is 80.2 Å². The number of halogens is 15. The van der Waals surface area contributed by atoms with Crippen molar-refractivity contribution in [3.05, 3.63) is 31.5 Å². The van der Waals surface area contributed by atoms with Crippen molar-refractivity contribution in [2.45, 2.75) is 36.7 Å². The van der Waals surface area contributed by atoms with E-state index < -0.39 is 67.4 Å². The van der Waals surface area contributed by atoms with E-state index in [0.29, 0.717) is 0 Å². The van der Waals surface area contributed by atoms with Gasteiger partial charge in [0.05, 0.1) is 0 Å². The molecule has 0 aliphatic carbocycles. The lowest BCUT2D eigenvalue weighted by atomic mass is 10.4. The maximum absolute atomic E-state index is 13.3. The minimum absolute atomic E-state index is 3.12. The molecule has 0 saturated heterocycles. The lowest BCUT2D eigenvalue weighted by Gasteiger charge is -2.28. The molecule has 0 amide bonds. The third-order valence-electron chi connectivity index (χ3n) is 3.01. The van der Waals surface area contributed by atoms with Gasteiger partial charge in [-0.25, -0.2) is 14.4 Å². The van der Waals surface area contributed by atoms with E-state index in [-0.39, 0.29) is 0 Å². The summed E-state index contributed by atoms with van der Waals surface area (Å²) in [5.41, 5.74) is -12.6. The Kier molecular flexibility index (Phi) is 5.44. The average Bonchev–Trinajstić information content (AvgIpc) is 2.41. The highest BCUT2D eigenvalue weighted by molar-refractivity contribution is 4.93. The predicted octanol–water partition coefficient (Wildman–Crippen LogP) is 2.51. The quantitative estimate of drug-likeness (QED) is 0.622. The van der Waals surface area contributed by atoms with Crippen LogP contribution in [0, 0.1) is 0 Å². The monoisotopic (exact) mass is 483 g/mol. The third-order valence-corrected chi connectivity index (χ3v) is 3.01. The van der Waals surface area contributed by atoms with Crippen LogP contribution in [0.25, 0.3) is 0 Å². The van der Waals surface area contributed by atoms with E-state index in [0.717, 1.165) is 0 Å². The standard InChI is InChI=1S/C9F15N3O3/c10-4(11,12)7(19,20)25-1(28)26(8(21,22)5(13,14)15)3(30)27(2(25)29)9(23,24)6(16,17)18. The maximum atomic E-state index is 13.3. The smallest absolute Gasteiger partial charge is 0.247 e. The first-order valence-electron chi connectivity index (χ1n) is 6.21. The van der Waals surface area contributed by atoms with Crippen molar-refractivity contribution in [2.24, 2.45) is 0 Å². The van der Waals surface area contributed by atoms with Gasteiger partial charge in [0.1, 0.15) is 0 Å². The molecule has 21 heteroatoms. The molecule has 0 unspecified atom stereocenters. The maximum Gasteiger partial charge on any atom is 0.476 e. The van der Waals surface area contributed by atoms with Crippen LogP contribution in [-0.4, -0.2) is 32.2 Å². The summed E-state index contributed by atoms with van der Waals surface area (Å²) in [7, 11) is 0. The minimum atomic E-state index is -7.28. The number of hydrogen-bond acceptors (Lipinski definition) is 3. The number of aromatic nitrogens is 3. The second kappa shape index (κ2) is 6.43. The molecule has 0 aromatic carbocycles. The number of hydrogen-bond donors (Lipinski definition) is 0. The topological polar surface area (TPSA) is 66.0 Å². The van der Waals surface area contributed by atoms with E-state index in [1.807, 2.05) is 0 Å². The summed E-state index contributed by atoms with van der Waals surface area (Å²) >= 11 is 0. The molecule has 174 valence electrons. The van der Waals surface area contributed by atoms with Crippen LogP contribution in [-0.2, 0) is 18.1 Å². The summed E-state index contributed by atoms with van der Waals surface area (Å²) in [6, 6.07) is -21.7. The van der Waals surface area contributed by atoms with Crippen molar-refractivity contribution in [2.75, 3.05) is 0 Å². The molecule has 0 atom stereocenters. The van der Waals surface area contributed by atoms with Crippen LogP contribution < -0.4 is 17.1 Å². The summed E-state index contributed by atoms with van der Waals surface area (Å²) in [4.78, 5) is 34.1. The molecule has 1 aromatic rings. The van der Waals surface area contributed by atoms with Gasteiger partial charge < -0.3 is 0 Å². The van der Waals surface area contributed by atoms with Crippen LogP contribution in [0.3, 0.4) is 0 Å². The highest BCUT2D eigenvalue weighted by Crippen LogP contribution is 2.41. The fourth-order valence-electron chi connectivity index (χ4n) is 1.65. The Morgan fingerprint density at radius 1 is 0.367 bits per heavy atom. The lowest BCUT2D eigenvalue weighted by molar-refractivity contribution is -0.347. The van der Waals surface area contributed by atoms with Crippen molar-refractivity contribution >= 4 is 0 Å².